The van der Waals surface area contributed by atoms with Gasteiger partial charge >= 0.3 is 0 Å². The van der Waals surface area contributed by atoms with Crippen LogP contribution in [0.25, 0.3) is 0 Å². The normalized spacial score (nSPS) is 14.5. The van der Waals surface area contributed by atoms with Gasteiger partial charge in [0.05, 0.1) is 11.1 Å². The molecule has 1 amide bonds. The first-order valence-corrected chi connectivity index (χ1v) is 10.4. The van der Waals surface area contributed by atoms with E-state index in [2.05, 4.69) is 16.3 Å². The molecule has 1 fully saturated rings. The van der Waals surface area contributed by atoms with Gasteiger partial charge in [-0.3, -0.25) is 4.79 Å². The van der Waals surface area contributed by atoms with E-state index >= 15 is 0 Å². The van der Waals surface area contributed by atoms with Crippen molar-refractivity contribution in [1.29, 1.82) is 5.26 Å². The van der Waals surface area contributed by atoms with Crippen molar-refractivity contribution in [2.24, 2.45) is 0 Å². The minimum absolute atomic E-state index is 0.0498. The summed E-state index contributed by atoms with van der Waals surface area (Å²) in [6.45, 7) is 4.10. The van der Waals surface area contributed by atoms with Crippen molar-refractivity contribution >= 4 is 17.7 Å². The van der Waals surface area contributed by atoms with Gasteiger partial charge in [0.2, 0.25) is 0 Å². The number of amides is 1. The lowest BCUT2D eigenvalue weighted by molar-refractivity contribution is 0.0948. The molecule has 1 aliphatic heterocycles. The lowest BCUT2D eigenvalue weighted by Gasteiger charge is -2.26. The smallest absolute Gasteiger partial charge is 0.252 e. The van der Waals surface area contributed by atoms with E-state index in [4.69, 9.17) is 0 Å². The third-order valence-electron chi connectivity index (χ3n) is 4.74. The predicted octanol–water partition coefficient (Wildman–Crippen LogP) is 4.32. The summed E-state index contributed by atoms with van der Waals surface area (Å²) >= 11 is 1.46. The zero-order chi connectivity index (χ0) is 18.9. The minimum atomic E-state index is -0.0498. The molecule has 1 aliphatic rings. The molecule has 5 heteroatoms. The van der Waals surface area contributed by atoms with E-state index in [1.807, 2.05) is 42.5 Å². The summed E-state index contributed by atoms with van der Waals surface area (Å²) in [5.74, 6) is -0.0498. The third-order valence-corrected chi connectivity index (χ3v) is 5.90. The lowest BCUT2D eigenvalue weighted by Crippen LogP contribution is -2.33. The minimum Gasteiger partial charge on any atom is -0.352 e. The molecule has 1 N–H and O–H groups in total. The highest BCUT2D eigenvalue weighted by Gasteiger charge is 2.14. The molecule has 0 spiro atoms. The molecule has 27 heavy (non-hydrogen) atoms. The third kappa shape index (κ3) is 5.59. The molecular weight excluding hydrogens is 354 g/mol. The Morgan fingerprint density at radius 3 is 2.52 bits per heavy atom. The highest BCUT2D eigenvalue weighted by atomic mass is 32.2. The summed E-state index contributed by atoms with van der Waals surface area (Å²) in [5, 5.41) is 12.3. The van der Waals surface area contributed by atoms with Crippen LogP contribution in [0.4, 0.5) is 0 Å². The van der Waals surface area contributed by atoms with Crippen LogP contribution in [-0.4, -0.2) is 37.0 Å². The fourth-order valence-electron chi connectivity index (χ4n) is 3.29. The molecule has 0 aromatic heterocycles. The van der Waals surface area contributed by atoms with Crippen molar-refractivity contribution in [3.63, 3.8) is 0 Å². The summed E-state index contributed by atoms with van der Waals surface area (Å²) in [6.07, 6.45) is 4.90. The first-order chi connectivity index (χ1) is 13.3. The molecule has 0 bridgehead atoms. The van der Waals surface area contributed by atoms with Gasteiger partial charge in [0.15, 0.2) is 0 Å². The Balaban J connectivity index is 1.58. The quantitative estimate of drug-likeness (QED) is 0.728. The summed E-state index contributed by atoms with van der Waals surface area (Å²) in [7, 11) is 0. The number of carbonyl (C=O) groups excluding carboxylic acids is 1. The van der Waals surface area contributed by atoms with Gasteiger partial charge in [-0.2, -0.15) is 5.26 Å². The number of rotatable bonds is 7. The standard InChI is InChI=1S/C22H25N3OS/c23-17-18-9-2-4-11-20(18)27-21-12-5-3-10-19(21)22(26)24-13-8-16-25-14-6-1-7-15-25/h2-5,9-12H,1,6-8,13-16H2,(H,24,26). The largest absolute Gasteiger partial charge is 0.352 e. The number of nitrogens with zero attached hydrogens (tertiary/aromatic N) is 2. The average molecular weight is 380 g/mol. The van der Waals surface area contributed by atoms with Crippen LogP contribution >= 0.6 is 11.8 Å². The maximum absolute atomic E-state index is 12.7. The monoisotopic (exact) mass is 379 g/mol. The number of hydrogen-bond acceptors (Lipinski definition) is 4. The van der Waals surface area contributed by atoms with Crippen LogP contribution in [0.15, 0.2) is 58.3 Å². The van der Waals surface area contributed by atoms with Crippen molar-refractivity contribution in [1.82, 2.24) is 10.2 Å². The van der Waals surface area contributed by atoms with Crippen LogP contribution < -0.4 is 5.32 Å². The number of nitriles is 1. The predicted molar refractivity (Wildman–Crippen MR) is 109 cm³/mol. The Bertz CT molecular complexity index is 809. The van der Waals surface area contributed by atoms with E-state index in [1.165, 1.54) is 44.1 Å². The van der Waals surface area contributed by atoms with E-state index in [9.17, 15) is 10.1 Å². The number of piperidine rings is 1. The van der Waals surface area contributed by atoms with E-state index in [1.54, 1.807) is 6.07 Å². The van der Waals surface area contributed by atoms with Gasteiger partial charge in [0.25, 0.3) is 5.91 Å². The fraction of sp³-hybridized carbons (Fsp3) is 0.364. The van der Waals surface area contributed by atoms with Crippen LogP contribution in [0.1, 0.15) is 41.6 Å². The Morgan fingerprint density at radius 2 is 1.74 bits per heavy atom. The van der Waals surface area contributed by atoms with Crippen LogP contribution in [-0.2, 0) is 0 Å². The first kappa shape index (κ1) is 19.5. The van der Waals surface area contributed by atoms with Gasteiger partial charge in [0.1, 0.15) is 6.07 Å². The van der Waals surface area contributed by atoms with Crippen molar-refractivity contribution in [3.8, 4) is 6.07 Å². The zero-order valence-corrected chi connectivity index (χ0v) is 16.3. The molecule has 2 aromatic carbocycles. The van der Waals surface area contributed by atoms with Crippen molar-refractivity contribution in [3.05, 3.63) is 59.7 Å². The molecule has 0 saturated carbocycles. The van der Waals surface area contributed by atoms with Crippen molar-refractivity contribution in [2.75, 3.05) is 26.2 Å². The molecule has 3 rings (SSSR count). The SMILES string of the molecule is N#Cc1ccccc1Sc1ccccc1C(=O)NCCCN1CCCCC1. The first-order valence-electron chi connectivity index (χ1n) is 9.54. The number of likely N-dealkylation sites (tertiary alicyclic amines) is 1. The number of benzene rings is 2. The summed E-state index contributed by atoms with van der Waals surface area (Å²) < 4.78 is 0. The highest BCUT2D eigenvalue weighted by Crippen LogP contribution is 2.32. The Kier molecular flexibility index (Phi) is 7.32. The highest BCUT2D eigenvalue weighted by molar-refractivity contribution is 7.99. The van der Waals surface area contributed by atoms with Gasteiger partial charge in [-0.1, -0.05) is 42.4 Å². The molecule has 0 radical (unpaired) electrons. The molecule has 0 unspecified atom stereocenters. The van der Waals surface area contributed by atoms with Crippen LogP contribution in [0.3, 0.4) is 0 Å². The molecule has 0 aliphatic carbocycles. The number of hydrogen-bond donors (Lipinski definition) is 1. The van der Waals surface area contributed by atoms with Gasteiger partial charge in [-0.25, -0.2) is 0 Å². The fourth-order valence-corrected chi connectivity index (χ4v) is 4.32. The summed E-state index contributed by atoms with van der Waals surface area (Å²) in [6, 6.07) is 17.3. The number of carbonyl (C=O) groups is 1. The van der Waals surface area contributed by atoms with Crippen LogP contribution in [0.2, 0.25) is 0 Å². The molecule has 140 valence electrons. The van der Waals surface area contributed by atoms with E-state index in [-0.39, 0.29) is 5.91 Å². The van der Waals surface area contributed by atoms with Gasteiger partial charge in [-0.05, 0) is 63.2 Å². The molecule has 4 nitrogen and oxygen atoms in total. The molecular formula is C22H25N3OS. The summed E-state index contributed by atoms with van der Waals surface area (Å²) in [5.41, 5.74) is 1.28. The second-order valence-corrected chi connectivity index (χ2v) is 7.80. The van der Waals surface area contributed by atoms with Gasteiger partial charge < -0.3 is 10.2 Å². The molecule has 1 saturated heterocycles. The molecule has 2 aromatic rings. The second-order valence-electron chi connectivity index (χ2n) is 6.72. The second kappa shape index (κ2) is 10.1. The van der Waals surface area contributed by atoms with E-state index in [0.29, 0.717) is 17.7 Å². The molecule has 0 atom stereocenters. The Labute approximate surface area is 165 Å². The zero-order valence-electron chi connectivity index (χ0n) is 15.5. The maximum atomic E-state index is 12.7. The van der Waals surface area contributed by atoms with Crippen molar-refractivity contribution in [2.45, 2.75) is 35.5 Å². The Morgan fingerprint density at radius 1 is 1.04 bits per heavy atom. The van der Waals surface area contributed by atoms with Crippen LogP contribution in [0, 0.1) is 11.3 Å². The Hall–Kier alpha value is -2.29. The van der Waals surface area contributed by atoms with E-state index < -0.39 is 0 Å². The number of nitrogens with one attached hydrogen (secondary N) is 1. The van der Waals surface area contributed by atoms with Gasteiger partial charge in [-0.15, -0.1) is 0 Å². The van der Waals surface area contributed by atoms with Gasteiger partial charge in [0, 0.05) is 16.3 Å². The average Bonchev–Trinajstić information content (AvgIpc) is 2.72. The lowest BCUT2D eigenvalue weighted by atomic mass is 10.1. The topological polar surface area (TPSA) is 56.1 Å². The summed E-state index contributed by atoms with van der Waals surface area (Å²) in [4.78, 5) is 16.9. The van der Waals surface area contributed by atoms with E-state index in [0.717, 1.165) is 22.8 Å². The molecule has 1 heterocycles. The van der Waals surface area contributed by atoms with Crippen LogP contribution in [0.5, 0.6) is 0 Å². The maximum Gasteiger partial charge on any atom is 0.252 e. The van der Waals surface area contributed by atoms with Crippen molar-refractivity contribution < 1.29 is 4.79 Å².